The molecule has 0 fully saturated rings. The number of hydrogen-bond donors (Lipinski definition) is 2. The number of anilines is 2. The quantitative estimate of drug-likeness (QED) is 0.290. The van der Waals surface area contributed by atoms with Crippen molar-refractivity contribution in [3.05, 3.63) is 82.9 Å². The summed E-state index contributed by atoms with van der Waals surface area (Å²) in [5.74, 6) is 0.568. The number of carbonyl (C=O) groups excluding carboxylic acids is 2. The second kappa shape index (κ2) is 12.8. The van der Waals surface area contributed by atoms with Gasteiger partial charge in [-0.3, -0.25) is 9.59 Å². The highest BCUT2D eigenvalue weighted by Crippen LogP contribution is 2.30. The van der Waals surface area contributed by atoms with E-state index in [0.717, 1.165) is 16.8 Å². The summed E-state index contributed by atoms with van der Waals surface area (Å²) in [6.45, 7) is 5.89. The van der Waals surface area contributed by atoms with Crippen molar-refractivity contribution in [3.8, 4) is 23.3 Å². The van der Waals surface area contributed by atoms with Crippen LogP contribution in [0.25, 0.3) is 6.08 Å². The van der Waals surface area contributed by atoms with E-state index in [-0.39, 0.29) is 18.1 Å². The molecule has 0 aliphatic carbocycles. The summed E-state index contributed by atoms with van der Waals surface area (Å²) in [6.07, 6.45) is 1.46. The van der Waals surface area contributed by atoms with Crippen molar-refractivity contribution in [3.63, 3.8) is 0 Å². The molecule has 0 radical (unpaired) electrons. The van der Waals surface area contributed by atoms with Gasteiger partial charge < -0.3 is 24.8 Å². The van der Waals surface area contributed by atoms with Crippen LogP contribution in [0.15, 0.2) is 66.2 Å². The summed E-state index contributed by atoms with van der Waals surface area (Å²) in [7, 11) is 1.55. The van der Waals surface area contributed by atoms with Gasteiger partial charge in [-0.15, -0.1) is 0 Å². The summed E-state index contributed by atoms with van der Waals surface area (Å²) >= 11 is 0. The van der Waals surface area contributed by atoms with Crippen molar-refractivity contribution in [2.45, 2.75) is 20.8 Å². The molecule has 37 heavy (non-hydrogen) atoms. The Hall–Kier alpha value is -4.77. The number of ether oxygens (including phenoxy) is 3. The van der Waals surface area contributed by atoms with Crippen molar-refractivity contribution in [1.82, 2.24) is 0 Å². The zero-order chi connectivity index (χ0) is 26.8. The van der Waals surface area contributed by atoms with Crippen LogP contribution in [-0.2, 0) is 9.59 Å². The average molecular weight is 500 g/mol. The summed E-state index contributed by atoms with van der Waals surface area (Å²) < 4.78 is 16.5. The zero-order valence-corrected chi connectivity index (χ0v) is 21.3. The van der Waals surface area contributed by atoms with Crippen LogP contribution in [0.2, 0.25) is 0 Å². The average Bonchev–Trinajstić information content (AvgIpc) is 2.90. The number of carbonyl (C=O) groups is 2. The van der Waals surface area contributed by atoms with Crippen LogP contribution in [0.4, 0.5) is 11.4 Å². The fourth-order valence-electron chi connectivity index (χ4n) is 3.41. The number of nitrogens with one attached hydrogen (secondary N) is 2. The van der Waals surface area contributed by atoms with Crippen molar-refractivity contribution in [2.24, 2.45) is 0 Å². The van der Waals surface area contributed by atoms with Gasteiger partial charge in [-0.2, -0.15) is 5.26 Å². The Kier molecular flexibility index (Phi) is 9.28. The molecule has 3 aromatic rings. The Morgan fingerprint density at radius 1 is 0.973 bits per heavy atom. The van der Waals surface area contributed by atoms with Gasteiger partial charge in [-0.05, 0) is 86.0 Å². The van der Waals surface area contributed by atoms with Gasteiger partial charge in [-0.25, -0.2) is 0 Å². The van der Waals surface area contributed by atoms with Gasteiger partial charge in [0.2, 0.25) is 0 Å². The third kappa shape index (κ3) is 7.36. The molecule has 0 aliphatic rings. The molecule has 0 atom stereocenters. The fraction of sp³-hybridized carbons (Fsp3) is 0.207. The summed E-state index contributed by atoms with van der Waals surface area (Å²) in [6, 6.07) is 19.4. The van der Waals surface area contributed by atoms with Crippen molar-refractivity contribution in [1.29, 1.82) is 5.26 Å². The number of nitrogens with zero attached hydrogens (tertiary/aromatic N) is 1. The molecule has 0 unspecified atom stereocenters. The van der Waals surface area contributed by atoms with Gasteiger partial charge in [0.15, 0.2) is 18.1 Å². The zero-order valence-electron chi connectivity index (χ0n) is 21.3. The second-order valence-electron chi connectivity index (χ2n) is 8.08. The molecule has 0 aromatic heterocycles. The summed E-state index contributed by atoms with van der Waals surface area (Å²) in [5, 5.41) is 15.1. The molecular weight excluding hydrogens is 470 g/mol. The van der Waals surface area contributed by atoms with Gasteiger partial charge in [-0.1, -0.05) is 18.2 Å². The van der Waals surface area contributed by atoms with Gasteiger partial charge in [0.25, 0.3) is 11.8 Å². The van der Waals surface area contributed by atoms with E-state index >= 15 is 0 Å². The molecule has 0 spiro atoms. The minimum absolute atomic E-state index is 0.0835. The number of benzene rings is 3. The van der Waals surface area contributed by atoms with E-state index in [9.17, 15) is 14.9 Å². The third-order valence-electron chi connectivity index (χ3n) is 5.53. The Bertz CT molecular complexity index is 1340. The van der Waals surface area contributed by atoms with Crippen molar-refractivity contribution < 1.29 is 23.8 Å². The molecule has 0 saturated heterocycles. The maximum Gasteiger partial charge on any atom is 0.266 e. The largest absolute Gasteiger partial charge is 0.497 e. The first kappa shape index (κ1) is 26.8. The molecular formula is C29H29N3O5. The lowest BCUT2D eigenvalue weighted by atomic mass is 10.1. The van der Waals surface area contributed by atoms with E-state index in [4.69, 9.17) is 14.2 Å². The first-order valence-corrected chi connectivity index (χ1v) is 11.7. The topological polar surface area (TPSA) is 110 Å². The maximum atomic E-state index is 12.6. The second-order valence-corrected chi connectivity index (χ2v) is 8.08. The van der Waals surface area contributed by atoms with Gasteiger partial charge >= 0.3 is 0 Å². The molecule has 3 aromatic carbocycles. The van der Waals surface area contributed by atoms with Crippen molar-refractivity contribution in [2.75, 3.05) is 31.0 Å². The minimum Gasteiger partial charge on any atom is -0.497 e. The van der Waals surface area contributed by atoms with Crippen LogP contribution >= 0.6 is 0 Å². The van der Waals surface area contributed by atoms with E-state index in [1.54, 1.807) is 49.6 Å². The minimum atomic E-state index is -0.547. The number of amides is 2. The Morgan fingerprint density at radius 3 is 2.41 bits per heavy atom. The molecule has 2 N–H and O–H groups in total. The number of hydrogen-bond acceptors (Lipinski definition) is 6. The Morgan fingerprint density at radius 2 is 1.73 bits per heavy atom. The van der Waals surface area contributed by atoms with E-state index < -0.39 is 5.91 Å². The predicted molar refractivity (Wildman–Crippen MR) is 143 cm³/mol. The normalized spacial score (nSPS) is 10.7. The van der Waals surface area contributed by atoms with Gasteiger partial charge in [0.1, 0.15) is 17.4 Å². The van der Waals surface area contributed by atoms with E-state index in [2.05, 4.69) is 10.6 Å². The highest BCUT2D eigenvalue weighted by Gasteiger charge is 2.13. The molecule has 190 valence electrons. The number of rotatable bonds is 10. The lowest BCUT2D eigenvalue weighted by Gasteiger charge is -2.14. The predicted octanol–water partition coefficient (Wildman–Crippen LogP) is 5.27. The van der Waals surface area contributed by atoms with Crippen LogP contribution in [0.5, 0.6) is 17.2 Å². The van der Waals surface area contributed by atoms with Crippen LogP contribution < -0.4 is 24.8 Å². The molecule has 2 amide bonds. The molecule has 8 heteroatoms. The van der Waals surface area contributed by atoms with E-state index in [1.165, 1.54) is 6.08 Å². The molecule has 0 saturated carbocycles. The fourth-order valence-corrected chi connectivity index (χ4v) is 3.41. The summed E-state index contributed by atoms with van der Waals surface area (Å²) in [5.41, 5.74) is 3.82. The molecule has 8 nitrogen and oxygen atoms in total. The lowest BCUT2D eigenvalue weighted by Crippen LogP contribution is -2.21. The SMILES string of the molecule is CCOc1cc(/C=C(/C#N)C(=O)Nc2ccc(OC)cc2)ccc1OCC(=O)Nc1cccc(C)c1C. The first-order chi connectivity index (χ1) is 17.8. The third-order valence-corrected chi connectivity index (χ3v) is 5.53. The van der Waals surface area contributed by atoms with Crippen LogP contribution in [-0.4, -0.2) is 32.1 Å². The Balaban J connectivity index is 1.71. The standard InChI is InChI=1S/C29H29N3O5/c1-5-36-27-16-21(15-22(17-30)29(34)31-23-10-12-24(35-4)13-11-23)9-14-26(27)37-18-28(33)32-25-8-6-7-19(2)20(25)3/h6-16H,5,18H2,1-4H3,(H,31,34)(H,32,33)/b22-15-. The molecule has 0 bridgehead atoms. The van der Waals surface area contributed by atoms with Gasteiger partial charge in [0, 0.05) is 11.4 Å². The monoisotopic (exact) mass is 499 g/mol. The molecule has 0 heterocycles. The highest BCUT2D eigenvalue weighted by molar-refractivity contribution is 6.09. The summed E-state index contributed by atoms with van der Waals surface area (Å²) in [4.78, 5) is 25.1. The van der Waals surface area contributed by atoms with E-state index in [1.807, 2.05) is 45.0 Å². The maximum absolute atomic E-state index is 12.6. The van der Waals surface area contributed by atoms with Crippen LogP contribution in [0, 0.1) is 25.2 Å². The highest BCUT2D eigenvalue weighted by atomic mass is 16.5. The smallest absolute Gasteiger partial charge is 0.266 e. The molecule has 3 rings (SSSR count). The number of aryl methyl sites for hydroxylation is 1. The van der Waals surface area contributed by atoms with Crippen LogP contribution in [0.3, 0.4) is 0 Å². The Labute approximate surface area is 216 Å². The van der Waals surface area contributed by atoms with Crippen LogP contribution in [0.1, 0.15) is 23.6 Å². The first-order valence-electron chi connectivity index (χ1n) is 11.7. The lowest BCUT2D eigenvalue weighted by molar-refractivity contribution is -0.118. The molecule has 0 aliphatic heterocycles. The van der Waals surface area contributed by atoms with Gasteiger partial charge in [0.05, 0.1) is 13.7 Å². The van der Waals surface area contributed by atoms with E-state index in [0.29, 0.717) is 35.1 Å². The number of methoxy groups -OCH3 is 1. The van der Waals surface area contributed by atoms with Crippen molar-refractivity contribution >= 4 is 29.3 Å². The number of nitriles is 1.